The third-order valence-electron chi connectivity index (χ3n) is 9.11. The number of carbonyl (C=O) groups excluding carboxylic acids is 2. The molecule has 3 saturated carbocycles. The Hall–Kier alpha value is -1.81. The molecule has 0 bridgehead atoms. The SMILES string of the molecule is C[C@]12C=CC(=O)N[C@@H]1CC[C@@H]1[C@@H]2CC[C@]2(C)[C@@H](C(=O)Nc3ccc(Cl)cc3)CC[C@@H]12. The summed E-state index contributed by atoms with van der Waals surface area (Å²) >= 11 is 5.98. The Morgan fingerprint density at radius 1 is 1.07 bits per heavy atom. The lowest BCUT2D eigenvalue weighted by Gasteiger charge is -2.58. The zero-order chi connectivity index (χ0) is 21.1. The van der Waals surface area contributed by atoms with Crippen LogP contribution in [0.25, 0.3) is 0 Å². The van der Waals surface area contributed by atoms with Crippen LogP contribution in [0.5, 0.6) is 0 Å². The molecule has 1 heterocycles. The Labute approximate surface area is 183 Å². The Bertz CT molecular complexity index is 897. The Kier molecular flexibility index (Phi) is 4.77. The molecule has 0 spiro atoms. The Morgan fingerprint density at radius 3 is 2.60 bits per heavy atom. The molecule has 3 aliphatic carbocycles. The highest BCUT2D eigenvalue weighted by molar-refractivity contribution is 6.30. The van der Waals surface area contributed by atoms with E-state index in [-0.39, 0.29) is 34.6 Å². The average Bonchev–Trinajstić information content (AvgIpc) is 3.07. The molecule has 1 aromatic rings. The van der Waals surface area contributed by atoms with Crippen molar-refractivity contribution in [2.45, 2.75) is 58.4 Å². The van der Waals surface area contributed by atoms with Gasteiger partial charge in [-0.15, -0.1) is 0 Å². The van der Waals surface area contributed by atoms with E-state index < -0.39 is 0 Å². The van der Waals surface area contributed by atoms with Crippen molar-refractivity contribution in [1.29, 1.82) is 0 Å². The molecule has 7 atom stereocenters. The molecule has 0 saturated heterocycles. The van der Waals surface area contributed by atoms with E-state index >= 15 is 0 Å². The predicted octanol–water partition coefficient (Wildman–Crippen LogP) is 5.19. The number of rotatable bonds is 2. The number of hydrogen-bond acceptors (Lipinski definition) is 2. The van der Waals surface area contributed by atoms with E-state index in [0.717, 1.165) is 44.2 Å². The molecule has 5 heteroatoms. The smallest absolute Gasteiger partial charge is 0.243 e. The van der Waals surface area contributed by atoms with Crippen molar-refractivity contribution in [3.05, 3.63) is 41.4 Å². The molecule has 4 aliphatic rings. The molecule has 3 fully saturated rings. The molecular formula is C25H31ClN2O2. The van der Waals surface area contributed by atoms with Crippen LogP contribution in [0.15, 0.2) is 36.4 Å². The summed E-state index contributed by atoms with van der Waals surface area (Å²) in [6, 6.07) is 7.63. The van der Waals surface area contributed by atoms with Crippen LogP contribution in [-0.2, 0) is 9.59 Å². The van der Waals surface area contributed by atoms with Crippen molar-refractivity contribution in [2.24, 2.45) is 34.5 Å². The molecule has 2 N–H and O–H groups in total. The van der Waals surface area contributed by atoms with Gasteiger partial charge in [-0.2, -0.15) is 0 Å². The number of anilines is 1. The van der Waals surface area contributed by atoms with Gasteiger partial charge in [0.25, 0.3) is 0 Å². The van der Waals surface area contributed by atoms with Gasteiger partial charge < -0.3 is 10.6 Å². The van der Waals surface area contributed by atoms with Crippen molar-refractivity contribution in [3.8, 4) is 0 Å². The lowest BCUT2D eigenvalue weighted by Crippen LogP contribution is -2.59. The topological polar surface area (TPSA) is 58.2 Å². The van der Waals surface area contributed by atoms with Crippen LogP contribution in [0.3, 0.4) is 0 Å². The summed E-state index contributed by atoms with van der Waals surface area (Å²) in [5, 5.41) is 7.04. The molecule has 0 aromatic heterocycles. The van der Waals surface area contributed by atoms with Crippen molar-refractivity contribution < 1.29 is 9.59 Å². The van der Waals surface area contributed by atoms with Gasteiger partial charge in [-0.1, -0.05) is 31.5 Å². The van der Waals surface area contributed by atoms with Crippen LogP contribution < -0.4 is 10.6 Å². The maximum atomic E-state index is 13.2. The first-order valence-corrected chi connectivity index (χ1v) is 11.8. The monoisotopic (exact) mass is 426 g/mol. The predicted molar refractivity (Wildman–Crippen MR) is 119 cm³/mol. The van der Waals surface area contributed by atoms with Crippen molar-refractivity contribution in [1.82, 2.24) is 5.32 Å². The highest BCUT2D eigenvalue weighted by Gasteiger charge is 2.60. The van der Waals surface area contributed by atoms with Crippen molar-refractivity contribution in [2.75, 3.05) is 5.32 Å². The molecule has 0 radical (unpaired) electrons. The fraction of sp³-hybridized carbons (Fsp3) is 0.600. The summed E-state index contributed by atoms with van der Waals surface area (Å²) in [6.07, 6.45) is 10.5. The van der Waals surface area contributed by atoms with E-state index in [1.165, 1.54) is 0 Å². The minimum absolute atomic E-state index is 0.0435. The first-order valence-electron chi connectivity index (χ1n) is 11.4. The van der Waals surface area contributed by atoms with Gasteiger partial charge in [0.15, 0.2) is 0 Å². The average molecular weight is 427 g/mol. The van der Waals surface area contributed by atoms with Gasteiger partial charge in [0.1, 0.15) is 0 Å². The van der Waals surface area contributed by atoms with E-state index in [0.29, 0.717) is 22.8 Å². The van der Waals surface area contributed by atoms with Crippen LogP contribution in [0, 0.1) is 34.5 Å². The largest absolute Gasteiger partial charge is 0.349 e. The lowest BCUT2D eigenvalue weighted by molar-refractivity contribution is -0.129. The maximum Gasteiger partial charge on any atom is 0.243 e. The molecule has 0 unspecified atom stereocenters. The quantitative estimate of drug-likeness (QED) is 0.683. The third kappa shape index (κ3) is 3.02. The van der Waals surface area contributed by atoms with Crippen LogP contribution in [0.2, 0.25) is 5.02 Å². The molecule has 5 rings (SSSR count). The lowest BCUT2D eigenvalue weighted by atomic mass is 9.48. The van der Waals surface area contributed by atoms with Gasteiger partial charge in [-0.05, 0) is 92.0 Å². The number of nitrogens with one attached hydrogen (secondary N) is 2. The van der Waals surface area contributed by atoms with Crippen LogP contribution >= 0.6 is 11.6 Å². The summed E-state index contributed by atoms with van der Waals surface area (Å²) in [5.41, 5.74) is 0.922. The second-order valence-electron chi connectivity index (χ2n) is 10.4. The molecule has 30 heavy (non-hydrogen) atoms. The first kappa shape index (κ1) is 20.1. The zero-order valence-electron chi connectivity index (χ0n) is 17.8. The molecule has 160 valence electrons. The summed E-state index contributed by atoms with van der Waals surface area (Å²) in [4.78, 5) is 25.1. The minimum atomic E-state index is 0.0435. The van der Waals surface area contributed by atoms with E-state index in [9.17, 15) is 9.59 Å². The summed E-state index contributed by atoms with van der Waals surface area (Å²) < 4.78 is 0. The molecule has 4 nitrogen and oxygen atoms in total. The van der Waals surface area contributed by atoms with Gasteiger partial charge >= 0.3 is 0 Å². The fourth-order valence-corrected chi connectivity index (χ4v) is 7.65. The number of halogens is 1. The number of carbonyl (C=O) groups is 2. The summed E-state index contributed by atoms with van der Waals surface area (Å²) in [5.74, 6) is 2.08. The molecule has 1 aromatic carbocycles. The highest BCUT2D eigenvalue weighted by Crippen LogP contribution is 2.65. The Morgan fingerprint density at radius 2 is 1.83 bits per heavy atom. The van der Waals surface area contributed by atoms with E-state index in [1.807, 2.05) is 24.3 Å². The molecule has 1 aliphatic heterocycles. The van der Waals surface area contributed by atoms with E-state index in [1.54, 1.807) is 6.08 Å². The van der Waals surface area contributed by atoms with Crippen LogP contribution in [-0.4, -0.2) is 17.9 Å². The van der Waals surface area contributed by atoms with E-state index in [2.05, 4.69) is 30.6 Å². The highest BCUT2D eigenvalue weighted by atomic mass is 35.5. The number of benzene rings is 1. The standard InChI is InChI=1S/C25H31ClN2O2/c1-24-13-11-19-17(7-10-21-25(19,2)14-12-22(29)28-21)18(24)8-9-20(24)23(30)27-16-5-3-15(26)4-6-16/h3-6,12,14,17-21H,7-11,13H2,1-2H3,(H,27,30)(H,28,29)/t17-,18-,19-,20+,21+,24-,25+/m0/s1. The fourth-order valence-electron chi connectivity index (χ4n) is 7.53. The second kappa shape index (κ2) is 7.12. The minimum Gasteiger partial charge on any atom is -0.349 e. The van der Waals surface area contributed by atoms with Gasteiger partial charge in [0.2, 0.25) is 11.8 Å². The summed E-state index contributed by atoms with van der Waals surface area (Å²) in [6.45, 7) is 4.70. The van der Waals surface area contributed by atoms with Crippen LogP contribution in [0.4, 0.5) is 5.69 Å². The van der Waals surface area contributed by atoms with Gasteiger partial charge in [-0.25, -0.2) is 0 Å². The maximum absolute atomic E-state index is 13.2. The van der Waals surface area contributed by atoms with Crippen molar-refractivity contribution in [3.63, 3.8) is 0 Å². The normalized spacial score (nSPS) is 42.0. The third-order valence-corrected chi connectivity index (χ3v) is 9.37. The number of fused-ring (bicyclic) bond motifs is 5. The first-order chi connectivity index (χ1) is 14.3. The van der Waals surface area contributed by atoms with Gasteiger partial charge in [0.05, 0.1) is 0 Å². The second-order valence-corrected chi connectivity index (χ2v) is 10.8. The Balaban J connectivity index is 1.36. The van der Waals surface area contributed by atoms with Gasteiger partial charge in [0, 0.05) is 28.1 Å². The zero-order valence-corrected chi connectivity index (χ0v) is 18.5. The van der Waals surface area contributed by atoms with Crippen LogP contribution in [0.1, 0.15) is 52.4 Å². The number of hydrogen-bond donors (Lipinski definition) is 2. The van der Waals surface area contributed by atoms with E-state index in [4.69, 9.17) is 11.6 Å². The van der Waals surface area contributed by atoms with Crippen molar-refractivity contribution >= 4 is 29.1 Å². The van der Waals surface area contributed by atoms with Gasteiger partial charge in [-0.3, -0.25) is 9.59 Å². The molecular weight excluding hydrogens is 396 g/mol. The molecule has 2 amide bonds. The summed E-state index contributed by atoms with van der Waals surface area (Å²) in [7, 11) is 0. The number of amides is 2.